The highest BCUT2D eigenvalue weighted by Gasteiger charge is 2.30. The summed E-state index contributed by atoms with van der Waals surface area (Å²) in [6, 6.07) is 5.50. The highest BCUT2D eigenvalue weighted by molar-refractivity contribution is 7.14. The van der Waals surface area contributed by atoms with E-state index < -0.39 is 0 Å². The second-order valence-corrected chi connectivity index (χ2v) is 6.68. The molecule has 0 spiro atoms. The van der Waals surface area contributed by atoms with E-state index in [1.165, 1.54) is 22.7 Å². The number of thiophene rings is 2. The smallest absolute Gasteiger partial charge is 0.265 e. The van der Waals surface area contributed by atoms with E-state index in [9.17, 15) is 4.79 Å². The highest BCUT2D eigenvalue weighted by Crippen LogP contribution is 2.41. The Bertz CT molecular complexity index is 772. The third-order valence-electron chi connectivity index (χ3n) is 3.22. The molecule has 1 aliphatic carbocycles. The summed E-state index contributed by atoms with van der Waals surface area (Å²) in [5.41, 5.74) is 0.712. The molecule has 1 N–H and O–H groups in total. The van der Waals surface area contributed by atoms with E-state index in [-0.39, 0.29) is 5.91 Å². The number of hydrogen-bond donors (Lipinski definition) is 1. The summed E-state index contributed by atoms with van der Waals surface area (Å²) in [6.07, 6.45) is 2.24. The average molecular weight is 317 g/mol. The van der Waals surface area contributed by atoms with E-state index in [1.807, 2.05) is 22.9 Å². The second-order valence-electron chi connectivity index (χ2n) is 4.81. The zero-order valence-electron chi connectivity index (χ0n) is 10.9. The van der Waals surface area contributed by atoms with E-state index in [2.05, 4.69) is 15.5 Å². The molecule has 0 aromatic carbocycles. The van der Waals surface area contributed by atoms with Gasteiger partial charge in [0, 0.05) is 5.92 Å². The van der Waals surface area contributed by atoms with Crippen LogP contribution in [0.4, 0.5) is 5.69 Å². The minimum atomic E-state index is -0.119. The lowest BCUT2D eigenvalue weighted by molar-refractivity contribution is 0.103. The van der Waals surface area contributed by atoms with Crippen LogP contribution in [-0.2, 0) is 0 Å². The topological polar surface area (TPSA) is 68.0 Å². The number of nitrogens with one attached hydrogen (secondary N) is 1. The molecule has 7 heteroatoms. The first kappa shape index (κ1) is 12.7. The molecule has 3 heterocycles. The monoisotopic (exact) mass is 317 g/mol. The van der Waals surface area contributed by atoms with Crippen molar-refractivity contribution < 1.29 is 9.21 Å². The Hall–Kier alpha value is -1.99. The van der Waals surface area contributed by atoms with E-state index >= 15 is 0 Å². The molecule has 0 bridgehead atoms. The van der Waals surface area contributed by atoms with Crippen molar-refractivity contribution >= 4 is 34.3 Å². The molecule has 21 heavy (non-hydrogen) atoms. The number of hydrogen-bond acceptors (Lipinski definition) is 6. The minimum absolute atomic E-state index is 0.119. The number of aromatic nitrogens is 2. The van der Waals surface area contributed by atoms with E-state index in [1.54, 1.807) is 6.07 Å². The summed E-state index contributed by atoms with van der Waals surface area (Å²) in [7, 11) is 0. The number of nitrogens with zero attached hydrogens (tertiary/aromatic N) is 2. The van der Waals surface area contributed by atoms with Gasteiger partial charge >= 0.3 is 0 Å². The number of rotatable bonds is 4. The van der Waals surface area contributed by atoms with Gasteiger partial charge in [-0.15, -0.1) is 32.9 Å². The van der Waals surface area contributed by atoms with Crippen LogP contribution in [0.5, 0.6) is 0 Å². The molecule has 106 valence electrons. The largest absolute Gasteiger partial charge is 0.420 e. The summed E-state index contributed by atoms with van der Waals surface area (Å²) in [4.78, 5) is 13.6. The lowest BCUT2D eigenvalue weighted by Crippen LogP contribution is -2.09. The van der Waals surface area contributed by atoms with Gasteiger partial charge in [0.05, 0.1) is 10.6 Å². The van der Waals surface area contributed by atoms with Gasteiger partial charge in [-0.1, -0.05) is 6.07 Å². The molecule has 0 unspecified atom stereocenters. The highest BCUT2D eigenvalue weighted by atomic mass is 32.1. The molecule has 0 saturated heterocycles. The van der Waals surface area contributed by atoms with Crippen molar-refractivity contribution in [2.24, 2.45) is 0 Å². The standard InChI is InChI=1S/C14H11N3O2S2/c18-12(10-2-1-6-20-10)15-9-5-7-21-11(9)14-17-16-13(19-14)8-3-4-8/h1-2,5-8H,3-4H2,(H,15,18). The van der Waals surface area contributed by atoms with Gasteiger partial charge in [-0.05, 0) is 35.7 Å². The third-order valence-corrected chi connectivity index (χ3v) is 4.99. The van der Waals surface area contributed by atoms with Gasteiger partial charge in [-0.3, -0.25) is 4.79 Å². The van der Waals surface area contributed by atoms with Crippen LogP contribution in [0, 0.1) is 0 Å². The predicted molar refractivity (Wildman–Crippen MR) is 81.9 cm³/mol. The SMILES string of the molecule is O=C(Nc1ccsc1-c1nnc(C2CC2)o1)c1cccs1. The predicted octanol–water partition coefficient (Wildman–Crippen LogP) is 3.99. The van der Waals surface area contributed by atoms with Crippen LogP contribution < -0.4 is 5.32 Å². The van der Waals surface area contributed by atoms with Gasteiger partial charge in [0.1, 0.15) is 4.88 Å². The Balaban J connectivity index is 1.59. The summed E-state index contributed by atoms with van der Waals surface area (Å²) in [5, 5.41) is 14.9. The van der Waals surface area contributed by atoms with Crippen LogP contribution in [0.15, 0.2) is 33.4 Å². The average Bonchev–Trinajstić information content (AvgIpc) is 2.95. The van der Waals surface area contributed by atoms with E-state index in [4.69, 9.17) is 4.42 Å². The van der Waals surface area contributed by atoms with E-state index in [0.717, 1.165) is 17.7 Å². The fraction of sp³-hybridized carbons (Fsp3) is 0.214. The van der Waals surface area contributed by atoms with Crippen molar-refractivity contribution in [3.63, 3.8) is 0 Å². The Morgan fingerprint density at radius 1 is 1.24 bits per heavy atom. The van der Waals surface area contributed by atoms with Crippen molar-refractivity contribution in [3.05, 3.63) is 39.7 Å². The second kappa shape index (κ2) is 5.09. The number of anilines is 1. The molecule has 3 aromatic rings. The first-order chi connectivity index (χ1) is 10.3. The molecule has 0 aliphatic heterocycles. The van der Waals surface area contributed by atoms with Crippen LogP contribution in [0.1, 0.15) is 34.3 Å². The fourth-order valence-corrected chi connectivity index (χ4v) is 3.38. The molecule has 5 nitrogen and oxygen atoms in total. The number of carbonyl (C=O) groups is 1. The Kier molecular flexibility index (Phi) is 3.08. The van der Waals surface area contributed by atoms with Gasteiger partial charge in [-0.2, -0.15) is 0 Å². The molecular formula is C14H11N3O2S2. The molecule has 4 rings (SSSR count). The number of amides is 1. The summed E-state index contributed by atoms with van der Waals surface area (Å²) in [5.74, 6) is 1.49. The Morgan fingerprint density at radius 2 is 2.14 bits per heavy atom. The zero-order valence-corrected chi connectivity index (χ0v) is 12.5. The van der Waals surface area contributed by atoms with Crippen LogP contribution in [0.25, 0.3) is 10.8 Å². The first-order valence-electron chi connectivity index (χ1n) is 6.57. The molecule has 0 radical (unpaired) electrons. The summed E-state index contributed by atoms with van der Waals surface area (Å²) < 4.78 is 5.70. The lowest BCUT2D eigenvalue weighted by atomic mass is 10.3. The summed E-state index contributed by atoms with van der Waals surface area (Å²) in [6.45, 7) is 0. The molecule has 1 amide bonds. The maximum absolute atomic E-state index is 12.1. The normalized spacial score (nSPS) is 14.3. The van der Waals surface area contributed by atoms with Crippen LogP contribution in [-0.4, -0.2) is 16.1 Å². The van der Waals surface area contributed by atoms with Gasteiger partial charge in [-0.25, -0.2) is 0 Å². The van der Waals surface area contributed by atoms with Crippen molar-refractivity contribution in [2.45, 2.75) is 18.8 Å². The lowest BCUT2D eigenvalue weighted by Gasteiger charge is -2.02. The van der Waals surface area contributed by atoms with Crippen molar-refractivity contribution in [3.8, 4) is 10.8 Å². The Labute approximate surface area is 128 Å². The fourth-order valence-electron chi connectivity index (χ4n) is 1.99. The maximum atomic E-state index is 12.1. The molecular weight excluding hydrogens is 306 g/mol. The molecule has 1 fully saturated rings. The summed E-state index contributed by atoms with van der Waals surface area (Å²) >= 11 is 2.89. The molecule has 1 saturated carbocycles. The number of carbonyl (C=O) groups excluding carboxylic acids is 1. The quantitative estimate of drug-likeness (QED) is 0.790. The van der Waals surface area contributed by atoms with Gasteiger partial charge in [0.15, 0.2) is 0 Å². The van der Waals surface area contributed by atoms with Gasteiger partial charge in [0.25, 0.3) is 11.8 Å². The minimum Gasteiger partial charge on any atom is -0.420 e. The molecule has 0 atom stereocenters. The van der Waals surface area contributed by atoms with Crippen LogP contribution in [0.3, 0.4) is 0 Å². The first-order valence-corrected chi connectivity index (χ1v) is 8.33. The van der Waals surface area contributed by atoms with Gasteiger partial charge < -0.3 is 9.73 Å². The molecule has 3 aromatic heterocycles. The van der Waals surface area contributed by atoms with Crippen molar-refractivity contribution in [1.29, 1.82) is 0 Å². The third kappa shape index (κ3) is 2.50. The molecule has 1 aliphatic rings. The van der Waals surface area contributed by atoms with Crippen LogP contribution in [0.2, 0.25) is 0 Å². The van der Waals surface area contributed by atoms with E-state index in [0.29, 0.717) is 28.3 Å². The maximum Gasteiger partial charge on any atom is 0.265 e. The zero-order chi connectivity index (χ0) is 14.2. The van der Waals surface area contributed by atoms with Gasteiger partial charge in [0.2, 0.25) is 5.89 Å². The Morgan fingerprint density at radius 3 is 2.90 bits per heavy atom. The van der Waals surface area contributed by atoms with Crippen molar-refractivity contribution in [1.82, 2.24) is 10.2 Å². The van der Waals surface area contributed by atoms with Crippen molar-refractivity contribution in [2.75, 3.05) is 5.32 Å². The van der Waals surface area contributed by atoms with Crippen LogP contribution >= 0.6 is 22.7 Å².